The van der Waals surface area contributed by atoms with E-state index in [1.54, 1.807) is 0 Å². The Labute approximate surface area is 471 Å². The van der Waals surface area contributed by atoms with Gasteiger partial charge in [-0.05, 0) is 146 Å². The van der Waals surface area contributed by atoms with Gasteiger partial charge in [-0.15, -0.1) is 34.0 Å². The van der Waals surface area contributed by atoms with Crippen LogP contribution in [0, 0.1) is 0 Å². The van der Waals surface area contributed by atoms with Crippen LogP contribution in [-0.4, -0.2) is 0 Å². The number of benzene rings is 10. The first kappa shape index (κ1) is 48.2. The minimum atomic E-state index is 0.869. The average Bonchev–Trinajstić information content (AvgIpc) is 4.37. The second kappa shape index (κ2) is 20.1. The van der Waals surface area contributed by atoms with Gasteiger partial charge in [-0.25, -0.2) is 0 Å². The minimum Gasteiger partial charge on any atom is -0.456 e. The molecule has 386 valence electrons. The molecule has 0 radical (unpaired) electrons. The highest BCUT2D eigenvalue weighted by Gasteiger charge is 2.22. The van der Waals surface area contributed by atoms with Crippen molar-refractivity contribution in [1.82, 2.24) is 0 Å². The summed E-state index contributed by atoms with van der Waals surface area (Å²) in [5.74, 6) is 0. The molecule has 0 saturated heterocycles. The maximum Gasteiger partial charge on any atom is 0.137 e. The predicted molar refractivity (Wildman–Crippen MR) is 345 cm³/mol. The van der Waals surface area contributed by atoms with Crippen LogP contribution >= 0.6 is 34.0 Å². The Balaban J connectivity index is 0.814. The van der Waals surface area contributed by atoms with Crippen LogP contribution in [0.3, 0.4) is 0 Å². The Morgan fingerprint density at radius 2 is 0.684 bits per heavy atom. The van der Waals surface area contributed by atoms with E-state index in [2.05, 4.69) is 218 Å². The highest BCUT2D eigenvalue weighted by molar-refractivity contribution is 7.26. The van der Waals surface area contributed by atoms with Crippen molar-refractivity contribution in [2.75, 3.05) is 9.80 Å². The highest BCUT2D eigenvalue weighted by atomic mass is 32.1. The second-order valence-electron chi connectivity index (χ2n) is 21.5. The van der Waals surface area contributed by atoms with Gasteiger partial charge in [-0.2, -0.15) is 0 Å². The third-order valence-electron chi connectivity index (χ3n) is 16.3. The molecule has 0 aliphatic heterocycles. The summed E-state index contributed by atoms with van der Waals surface area (Å²) in [7, 11) is 0. The summed E-state index contributed by atoms with van der Waals surface area (Å²) < 4.78 is 21.5. The minimum absolute atomic E-state index is 0.869. The van der Waals surface area contributed by atoms with Crippen molar-refractivity contribution in [3.05, 3.63) is 205 Å². The Hall–Kier alpha value is -7.94. The summed E-state index contributed by atoms with van der Waals surface area (Å²) in [4.78, 5) is 4.83. The maximum atomic E-state index is 6.99. The number of rotatable bonds is 16. The van der Waals surface area contributed by atoms with Crippen molar-refractivity contribution in [2.24, 2.45) is 0 Å². The van der Waals surface area contributed by atoms with E-state index >= 15 is 0 Å². The van der Waals surface area contributed by atoms with Gasteiger partial charge in [-0.1, -0.05) is 125 Å². The molecule has 7 heteroatoms. The molecule has 0 spiro atoms. The molecule has 0 saturated carbocycles. The number of furan rings is 2. The number of nitrogens with zero attached hydrogens (tertiary/aromatic N) is 2. The van der Waals surface area contributed by atoms with Crippen LogP contribution < -0.4 is 9.80 Å². The van der Waals surface area contributed by atoms with Gasteiger partial charge in [0.15, 0.2) is 0 Å². The largest absolute Gasteiger partial charge is 0.456 e. The average molecular weight is 1080 g/mol. The zero-order valence-electron chi connectivity index (χ0n) is 44.5. The number of para-hydroxylation sites is 1. The molecule has 15 rings (SSSR count). The van der Waals surface area contributed by atoms with Crippen molar-refractivity contribution in [3.63, 3.8) is 0 Å². The number of aryl methyl sites for hydroxylation is 2. The number of anilines is 6. The molecule has 0 aliphatic carbocycles. The number of fused-ring (bicyclic) bond motifs is 15. The summed E-state index contributed by atoms with van der Waals surface area (Å²) in [6.45, 7) is 4.60. The lowest BCUT2D eigenvalue weighted by molar-refractivity contribution is 0.661. The van der Waals surface area contributed by atoms with Crippen LogP contribution in [-0.2, 0) is 12.8 Å². The Kier molecular flexibility index (Phi) is 12.2. The van der Waals surface area contributed by atoms with Crippen LogP contribution in [0.2, 0.25) is 0 Å². The van der Waals surface area contributed by atoms with Gasteiger partial charge in [0.05, 0.1) is 0 Å². The predicted octanol–water partition coefficient (Wildman–Crippen LogP) is 23.8. The van der Waals surface area contributed by atoms with E-state index in [0.717, 1.165) is 85.2 Å². The molecule has 79 heavy (non-hydrogen) atoms. The zero-order valence-corrected chi connectivity index (χ0v) is 46.9. The summed E-state index contributed by atoms with van der Waals surface area (Å²) >= 11 is 5.57. The van der Waals surface area contributed by atoms with Gasteiger partial charge in [0.1, 0.15) is 22.3 Å². The van der Waals surface area contributed by atoms with Crippen molar-refractivity contribution in [1.29, 1.82) is 0 Å². The Morgan fingerprint density at radius 3 is 1.19 bits per heavy atom. The van der Waals surface area contributed by atoms with Gasteiger partial charge in [0.2, 0.25) is 0 Å². The first-order valence-corrected chi connectivity index (χ1v) is 30.8. The maximum absolute atomic E-state index is 6.99. The lowest BCUT2D eigenvalue weighted by Gasteiger charge is -2.27. The van der Waals surface area contributed by atoms with Crippen LogP contribution in [0.4, 0.5) is 34.1 Å². The van der Waals surface area contributed by atoms with E-state index in [0.29, 0.717) is 0 Å². The molecule has 5 heterocycles. The number of hydrogen-bond acceptors (Lipinski definition) is 7. The number of hydrogen-bond donors (Lipinski definition) is 0. The lowest BCUT2D eigenvalue weighted by atomic mass is 9.98. The lowest BCUT2D eigenvalue weighted by Crippen LogP contribution is -2.11. The molecule has 0 bridgehead atoms. The fraction of sp³-hybridized carbons (Fsp3) is 0.167. The smallest absolute Gasteiger partial charge is 0.137 e. The van der Waals surface area contributed by atoms with E-state index in [-0.39, 0.29) is 0 Å². The van der Waals surface area contributed by atoms with E-state index in [1.807, 2.05) is 34.0 Å². The van der Waals surface area contributed by atoms with Crippen molar-refractivity contribution >= 4 is 173 Å². The van der Waals surface area contributed by atoms with Gasteiger partial charge in [0.25, 0.3) is 0 Å². The summed E-state index contributed by atoms with van der Waals surface area (Å²) in [6, 6.07) is 72.2. The monoisotopic (exact) mass is 1080 g/mol. The molecule has 0 unspecified atom stereocenters. The van der Waals surface area contributed by atoms with E-state index in [1.165, 1.54) is 129 Å². The summed E-state index contributed by atoms with van der Waals surface area (Å²) in [6.07, 6.45) is 12.2. The first-order chi connectivity index (χ1) is 39.0. The van der Waals surface area contributed by atoms with Gasteiger partial charge in [0, 0.05) is 128 Å². The van der Waals surface area contributed by atoms with E-state index in [4.69, 9.17) is 8.83 Å². The third kappa shape index (κ3) is 8.62. The number of thiophene rings is 3. The van der Waals surface area contributed by atoms with Crippen LogP contribution in [0.25, 0.3) is 104 Å². The topological polar surface area (TPSA) is 32.8 Å². The quantitative estimate of drug-likeness (QED) is 0.0903. The second-order valence-corrected chi connectivity index (χ2v) is 24.8. The fourth-order valence-corrected chi connectivity index (χ4v) is 15.8. The van der Waals surface area contributed by atoms with Gasteiger partial charge >= 0.3 is 0 Å². The molecule has 0 atom stereocenters. The third-order valence-corrected chi connectivity index (χ3v) is 19.7. The molecular weight excluding hydrogens is 1020 g/mol. The molecule has 4 nitrogen and oxygen atoms in total. The molecule has 10 aromatic carbocycles. The van der Waals surface area contributed by atoms with Crippen LogP contribution in [0.15, 0.2) is 203 Å². The summed E-state index contributed by atoms with van der Waals surface area (Å²) in [5.41, 5.74) is 13.1. The Bertz CT molecular complexity index is 4770. The van der Waals surface area contributed by atoms with Gasteiger partial charge < -0.3 is 18.6 Å². The van der Waals surface area contributed by atoms with Gasteiger partial charge in [-0.3, -0.25) is 0 Å². The molecule has 0 amide bonds. The van der Waals surface area contributed by atoms with Crippen molar-refractivity contribution in [3.8, 4) is 0 Å². The van der Waals surface area contributed by atoms with E-state index in [9.17, 15) is 0 Å². The summed E-state index contributed by atoms with van der Waals surface area (Å²) in [5, 5.41) is 12.1. The SMILES string of the molecule is CCCCCCc1cc(CCCCCC)cc(N(c2ccc3c(c2)oc2cc4c(cc23)sc2cc3c(cc24)oc2cc(N(c4ccccc4)c4ccc5c(c4)sc4ccccc45)ccc23)c2ccc3c(c2)sc2ccccc23)c1. The fourth-order valence-electron chi connectivity index (χ4n) is 12.4. The molecule has 5 aromatic heterocycles. The molecule has 0 N–H and O–H groups in total. The molecule has 0 fully saturated rings. The van der Waals surface area contributed by atoms with Crippen molar-refractivity contribution < 1.29 is 8.83 Å². The van der Waals surface area contributed by atoms with Crippen molar-refractivity contribution in [2.45, 2.75) is 78.1 Å². The molecular formula is C72H58N2O2S3. The van der Waals surface area contributed by atoms with Crippen LogP contribution in [0.1, 0.15) is 76.3 Å². The van der Waals surface area contributed by atoms with Crippen LogP contribution in [0.5, 0.6) is 0 Å². The Morgan fingerprint density at radius 1 is 0.278 bits per heavy atom. The van der Waals surface area contributed by atoms with E-state index < -0.39 is 0 Å². The molecule has 0 aliphatic rings. The zero-order chi connectivity index (χ0) is 52.6. The molecule has 15 aromatic rings. The normalized spacial score (nSPS) is 12.2. The standard InChI is InChI=1S/C72H58N2O2S3/c1-3-5-7-10-18-45-34-46(19-11-8-6-4-2)36-52(35-45)74(51-29-33-58-56-23-15-17-25-68(56)78-70(58)40-51)49-27-31-54-60-44-72-62(42-66(60)76-64(54)38-49)61-41-65-59(43-71(61)79-72)53-30-26-48(37-63(53)75-65)73(47-20-12-9-13-21-47)50-28-32-57-55-22-14-16-24-67(55)77-69(57)39-50/h9,12-17,20-44H,3-8,10-11,18-19H2,1-2H3. The first-order valence-electron chi connectivity index (χ1n) is 28.3. The highest BCUT2D eigenvalue weighted by Crippen LogP contribution is 2.47. The number of unbranched alkanes of at least 4 members (excludes halogenated alkanes) is 6.